The number of aliphatic imine (C=N–C) groups is 1. The van der Waals surface area contributed by atoms with Gasteiger partial charge in [0.15, 0.2) is 0 Å². The van der Waals surface area contributed by atoms with E-state index in [1.807, 2.05) is 19.9 Å². The van der Waals surface area contributed by atoms with Crippen LogP contribution in [-0.2, 0) is 9.59 Å². The number of carbonyl (C=O) groups is 2. The quantitative estimate of drug-likeness (QED) is 0.814. The molecule has 0 spiro atoms. The van der Waals surface area contributed by atoms with Crippen molar-refractivity contribution in [2.24, 2.45) is 10.7 Å². The number of carbonyl (C=O) groups excluding carboxylic acids is 2. The molecule has 112 valence electrons. The second-order valence-electron chi connectivity index (χ2n) is 5.11. The highest BCUT2D eigenvalue weighted by Crippen LogP contribution is 2.29. The highest BCUT2D eigenvalue weighted by atomic mass is 79.9. The van der Waals surface area contributed by atoms with Crippen LogP contribution in [0.5, 0.6) is 0 Å². The van der Waals surface area contributed by atoms with Gasteiger partial charge in [0, 0.05) is 4.47 Å². The number of amides is 2. The molecule has 0 saturated heterocycles. The molecule has 0 aromatic heterocycles. The Labute approximate surface area is 132 Å². The minimum atomic E-state index is -0.928. The van der Waals surface area contributed by atoms with Crippen LogP contribution in [0, 0.1) is 0 Å². The van der Waals surface area contributed by atoms with Crippen molar-refractivity contribution < 1.29 is 9.59 Å². The Hall–Kier alpha value is -1.53. The fourth-order valence-corrected chi connectivity index (χ4v) is 2.82. The lowest BCUT2D eigenvalue weighted by atomic mass is 9.89. The van der Waals surface area contributed by atoms with Gasteiger partial charge in [0.05, 0.1) is 5.54 Å². The first-order chi connectivity index (χ1) is 9.92. The van der Waals surface area contributed by atoms with E-state index >= 15 is 0 Å². The highest BCUT2D eigenvalue weighted by molar-refractivity contribution is 9.10. The van der Waals surface area contributed by atoms with Crippen LogP contribution in [0.15, 0.2) is 33.7 Å². The van der Waals surface area contributed by atoms with Crippen LogP contribution >= 0.6 is 15.9 Å². The lowest BCUT2D eigenvalue weighted by Crippen LogP contribution is -2.58. The third kappa shape index (κ3) is 2.91. The number of hydrogen-bond acceptors (Lipinski definition) is 3. The van der Waals surface area contributed by atoms with Gasteiger partial charge in [-0.3, -0.25) is 9.59 Å². The number of amidine groups is 1. The normalized spacial score (nSPS) is 19.2. The third-order valence-corrected chi connectivity index (χ3v) is 4.64. The van der Waals surface area contributed by atoms with Crippen molar-refractivity contribution in [2.75, 3.05) is 0 Å². The Morgan fingerprint density at radius 1 is 1.29 bits per heavy atom. The molecule has 0 radical (unpaired) electrons. The Morgan fingerprint density at radius 3 is 2.43 bits per heavy atom. The van der Waals surface area contributed by atoms with Crippen molar-refractivity contribution in [1.29, 1.82) is 0 Å². The van der Waals surface area contributed by atoms with E-state index in [2.05, 4.69) is 26.2 Å². The van der Waals surface area contributed by atoms with E-state index in [9.17, 15) is 9.59 Å². The molecule has 2 rings (SSSR count). The predicted octanol–water partition coefficient (Wildman–Crippen LogP) is 2.11. The maximum atomic E-state index is 12.4. The summed E-state index contributed by atoms with van der Waals surface area (Å²) < 4.78 is 0.710. The summed E-state index contributed by atoms with van der Waals surface area (Å²) in [5, 5.41) is 2.71. The summed E-state index contributed by atoms with van der Waals surface area (Å²) in [6.45, 7) is 3.81. The molecule has 1 aromatic carbocycles. The summed E-state index contributed by atoms with van der Waals surface area (Å²) in [6.07, 6.45) is 1.19. The number of halogens is 1. The van der Waals surface area contributed by atoms with Crippen molar-refractivity contribution in [2.45, 2.75) is 38.1 Å². The van der Waals surface area contributed by atoms with Gasteiger partial charge >= 0.3 is 0 Å². The Kier molecular flexibility index (Phi) is 4.58. The summed E-state index contributed by atoms with van der Waals surface area (Å²) in [5.41, 5.74) is 6.04. The number of nitrogens with two attached hydrogens (primary N) is 1. The molecule has 1 aromatic rings. The van der Waals surface area contributed by atoms with E-state index in [0.717, 1.165) is 0 Å². The number of hydrogen-bond donors (Lipinski definition) is 2. The predicted molar refractivity (Wildman–Crippen MR) is 85.0 cm³/mol. The third-order valence-electron chi connectivity index (χ3n) is 3.92. The number of nitrogens with one attached hydrogen (secondary N) is 1. The fraction of sp³-hybridized carbons (Fsp3) is 0.400. The fourth-order valence-electron chi connectivity index (χ4n) is 2.31. The van der Waals surface area contributed by atoms with Crippen LogP contribution in [0.2, 0.25) is 0 Å². The van der Waals surface area contributed by atoms with Crippen molar-refractivity contribution in [3.63, 3.8) is 0 Å². The van der Waals surface area contributed by atoms with Crippen LogP contribution in [0.1, 0.15) is 38.2 Å². The zero-order valence-electron chi connectivity index (χ0n) is 12.0. The molecule has 1 aliphatic heterocycles. The van der Waals surface area contributed by atoms with Gasteiger partial charge in [-0.1, -0.05) is 48.0 Å². The second-order valence-corrected chi connectivity index (χ2v) is 5.96. The molecule has 21 heavy (non-hydrogen) atoms. The number of nitrogens with zero attached hydrogens (tertiary/aromatic N) is 1. The van der Waals surface area contributed by atoms with Gasteiger partial charge in [0.25, 0.3) is 5.91 Å². The van der Waals surface area contributed by atoms with Crippen LogP contribution in [0.3, 0.4) is 0 Å². The van der Waals surface area contributed by atoms with Gasteiger partial charge in [0.1, 0.15) is 11.8 Å². The maximum absolute atomic E-state index is 12.4. The summed E-state index contributed by atoms with van der Waals surface area (Å²) in [7, 11) is 0. The Balaban J connectivity index is 2.40. The van der Waals surface area contributed by atoms with Gasteiger partial charge in [-0.25, -0.2) is 0 Å². The van der Waals surface area contributed by atoms with E-state index in [1.165, 1.54) is 0 Å². The first kappa shape index (κ1) is 15.9. The maximum Gasteiger partial charge on any atom is 0.264 e. The molecule has 1 heterocycles. The lowest BCUT2D eigenvalue weighted by molar-refractivity contribution is -0.130. The summed E-state index contributed by atoms with van der Waals surface area (Å²) in [4.78, 5) is 28.7. The van der Waals surface area contributed by atoms with Gasteiger partial charge < -0.3 is 11.1 Å². The van der Waals surface area contributed by atoms with Crippen molar-refractivity contribution in [1.82, 2.24) is 5.32 Å². The molecule has 1 atom stereocenters. The second kappa shape index (κ2) is 6.07. The molecule has 2 amide bonds. The Morgan fingerprint density at radius 2 is 1.90 bits per heavy atom. The standard InChI is InChI=1S/C15H18BrN3O2/c1-3-15(17,4-2)14-18-12(20)11(13(21)19-14)9-7-5-6-8-10(9)16/h5-8,11H,3-4,17H2,1-2H3,(H,18,19,20,21). The van der Waals surface area contributed by atoms with Crippen LogP contribution in [0.25, 0.3) is 0 Å². The summed E-state index contributed by atoms with van der Waals surface area (Å²) >= 11 is 3.36. The van der Waals surface area contributed by atoms with Crippen molar-refractivity contribution >= 4 is 33.6 Å². The van der Waals surface area contributed by atoms with E-state index in [4.69, 9.17) is 5.73 Å². The van der Waals surface area contributed by atoms with E-state index in [1.54, 1.807) is 18.2 Å². The first-order valence-electron chi connectivity index (χ1n) is 6.90. The van der Waals surface area contributed by atoms with E-state index in [0.29, 0.717) is 22.9 Å². The average molecular weight is 352 g/mol. The molecular formula is C15H18BrN3O2. The summed E-state index contributed by atoms with van der Waals surface area (Å²) in [6, 6.07) is 7.14. The summed E-state index contributed by atoms with van der Waals surface area (Å²) in [5.74, 6) is -1.51. The lowest BCUT2D eigenvalue weighted by Gasteiger charge is -2.32. The van der Waals surface area contributed by atoms with Crippen LogP contribution < -0.4 is 11.1 Å². The zero-order valence-corrected chi connectivity index (χ0v) is 13.6. The molecule has 0 aliphatic carbocycles. The van der Waals surface area contributed by atoms with Gasteiger partial charge in [-0.15, -0.1) is 0 Å². The Bertz CT molecular complexity index is 609. The zero-order chi connectivity index (χ0) is 15.6. The number of rotatable bonds is 4. The number of benzene rings is 1. The largest absolute Gasteiger partial charge is 0.319 e. The minimum Gasteiger partial charge on any atom is -0.319 e. The first-order valence-corrected chi connectivity index (χ1v) is 7.69. The van der Waals surface area contributed by atoms with E-state index in [-0.39, 0.29) is 11.7 Å². The molecule has 0 saturated carbocycles. The van der Waals surface area contributed by atoms with Crippen molar-refractivity contribution in [3.8, 4) is 0 Å². The molecule has 1 aliphatic rings. The van der Waals surface area contributed by atoms with Gasteiger partial charge in [0.2, 0.25) is 5.91 Å². The van der Waals surface area contributed by atoms with Crippen molar-refractivity contribution in [3.05, 3.63) is 34.3 Å². The smallest absolute Gasteiger partial charge is 0.264 e. The van der Waals surface area contributed by atoms with E-state index < -0.39 is 17.4 Å². The van der Waals surface area contributed by atoms with Crippen LogP contribution in [0.4, 0.5) is 0 Å². The molecule has 6 heteroatoms. The van der Waals surface area contributed by atoms with Gasteiger partial charge in [-0.05, 0) is 24.5 Å². The molecule has 0 fully saturated rings. The molecule has 5 nitrogen and oxygen atoms in total. The molecule has 3 N–H and O–H groups in total. The minimum absolute atomic E-state index is 0.269. The monoisotopic (exact) mass is 351 g/mol. The molecular weight excluding hydrogens is 334 g/mol. The highest BCUT2D eigenvalue weighted by Gasteiger charge is 2.39. The average Bonchev–Trinajstić information content (AvgIpc) is 2.47. The molecule has 0 bridgehead atoms. The van der Waals surface area contributed by atoms with Crippen LogP contribution in [-0.4, -0.2) is 23.2 Å². The topological polar surface area (TPSA) is 84.5 Å². The SMILES string of the molecule is CCC(N)(CC)C1=NC(=O)C(c2ccccc2Br)C(=O)N1. The van der Waals surface area contributed by atoms with Gasteiger partial charge in [-0.2, -0.15) is 4.99 Å². The molecule has 1 unspecified atom stereocenters.